The summed E-state index contributed by atoms with van der Waals surface area (Å²) in [4.78, 5) is 20.1. The Hall–Kier alpha value is -4.88. The maximum absolute atomic E-state index is 13.4. The lowest BCUT2D eigenvalue weighted by molar-refractivity contribution is -0.160. The molecule has 58 heavy (non-hydrogen) atoms. The molecule has 3 N–H and O–H groups in total. The fraction of sp³-hybridized carbons (Fsp3) is 0.457. The maximum atomic E-state index is 13.4. The number of ether oxygens (including phenoxy) is 3. The fourth-order valence-corrected chi connectivity index (χ4v) is 7.93. The molecular weight excluding hydrogens is 738 g/mol. The van der Waals surface area contributed by atoms with E-state index in [2.05, 4.69) is 30.1 Å². The highest BCUT2D eigenvalue weighted by Crippen LogP contribution is 2.40. The van der Waals surface area contributed by atoms with Crippen LogP contribution in [0, 0.1) is 12.7 Å². The summed E-state index contributed by atoms with van der Waals surface area (Å²) in [5, 5.41) is 30.2. The minimum absolute atomic E-state index is 0.0618. The molecule has 12 heteroatoms. The molecule has 6 bridgehead atoms. The zero-order chi connectivity index (χ0) is 41.2. The normalized spacial score (nSPS) is 20.1. The molecule has 2 aromatic heterocycles. The summed E-state index contributed by atoms with van der Waals surface area (Å²) >= 11 is 0. The number of carboxylic acid groups (broad SMARTS) is 1. The van der Waals surface area contributed by atoms with Crippen LogP contribution in [0.15, 0.2) is 72.8 Å². The summed E-state index contributed by atoms with van der Waals surface area (Å²) in [5.74, 6) is -0.000163. The molecule has 1 saturated heterocycles. The van der Waals surface area contributed by atoms with Crippen LogP contribution in [0.25, 0.3) is 28.0 Å². The highest BCUT2D eigenvalue weighted by atomic mass is 19.1. The first-order chi connectivity index (χ1) is 27.7. The molecule has 3 unspecified atom stereocenters. The number of carboxylic acids is 1. The Labute approximate surface area is 340 Å². The molecular formula is C46H56FN5O6. The molecule has 3 aliphatic rings. The number of nitrogens with one attached hydrogen (secondary N) is 1. The second-order valence-electron chi connectivity index (χ2n) is 17.0. The van der Waals surface area contributed by atoms with Crippen LogP contribution in [-0.4, -0.2) is 74.3 Å². The van der Waals surface area contributed by atoms with Crippen molar-refractivity contribution in [3.05, 3.63) is 101 Å². The van der Waals surface area contributed by atoms with Crippen LogP contribution in [0.1, 0.15) is 101 Å². The van der Waals surface area contributed by atoms with E-state index in [1.165, 1.54) is 12.1 Å². The number of hydrogen-bond acceptors (Lipinski definition) is 9. The number of aromatic nitrogens is 3. The van der Waals surface area contributed by atoms with E-state index < -0.39 is 23.9 Å². The van der Waals surface area contributed by atoms with Gasteiger partial charge in [0.05, 0.1) is 28.6 Å². The number of rotatable bonds is 8. The Balaban J connectivity index is 1.30. The molecule has 8 rings (SSSR count). The first-order valence-corrected chi connectivity index (χ1v) is 20.4. The van der Waals surface area contributed by atoms with Crippen molar-refractivity contribution in [2.75, 3.05) is 31.1 Å². The van der Waals surface area contributed by atoms with E-state index in [0.29, 0.717) is 72.4 Å². The molecule has 0 amide bonds. The predicted octanol–water partition coefficient (Wildman–Crippen LogP) is 8.60. The average Bonchev–Trinajstić information content (AvgIpc) is 3.61. The topological polar surface area (TPSA) is 131 Å². The van der Waals surface area contributed by atoms with Crippen molar-refractivity contribution in [1.29, 1.82) is 0 Å². The number of fused-ring (bicyclic) bond motifs is 8. The van der Waals surface area contributed by atoms with Gasteiger partial charge in [-0.15, -0.1) is 0 Å². The number of nitrogens with zero attached hydrogens (tertiary/aromatic N) is 4. The molecule has 0 aliphatic carbocycles. The molecule has 1 fully saturated rings. The van der Waals surface area contributed by atoms with Crippen molar-refractivity contribution < 1.29 is 33.6 Å². The van der Waals surface area contributed by atoms with Gasteiger partial charge in [0.25, 0.3) is 0 Å². The fourth-order valence-electron chi connectivity index (χ4n) is 7.93. The van der Waals surface area contributed by atoms with Gasteiger partial charge in [-0.05, 0) is 127 Å². The van der Waals surface area contributed by atoms with Crippen molar-refractivity contribution in [3.63, 3.8) is 0 Å². The van der Waals surface area contributed by atoms with Crippen LogP contribution in [-0.2, 0) is 20.7 Å². The van der Waals surface area contributed by atoms with E-state index in [0.717, 1.165) is 54.4 Å². The number of benzene rings is 3. The number of hydrogen-bond donors (Lipinski definition) is 3. The first-order valence-electron chi connectivity index (χ1n) is 20.4. The third-order valence-electron chi connectivity index (χ3n) is 11.1. The summed E-state index contributed by atoms with van der Waals surface area (Å²) < 4.78 is 34.6. The lowest BCUT2D eigenvalue weighted by atomic mass is 9.92. The second-order valence-corrected chi connectivity index (χ2v) is 17.0. The third kappa shape index (κ3) is 9.52. The van der Waals surface area contributed by atoms with Gasteiger partial charge in [-0.3, -0.25) is 5.32 Å². The number of carbonyl (C=O) groups is 1. The van der Waals surface area contributed by atoms with Crippen molar-refractivity contribution in [1.82, 2.24) is 19.9 Å². The van der Waals surface area contributed by atoms with Gasteiger partial charge < -0.3 is 29.3 Å². The molecule has 0 radical (unpaired) electrons. The van der Waals surface area contributed by atoms with Crippen LogP contribution >= 0.6 is 0 Å². The standard InChI is InChI=1S/C46H56FN5O6/c1-29-10-7-8-25-56-46(6)20-23-51(24-21-46)43-40(41(44(54)55)58-45(3,4)5)30(2)49-39-28-37(50-52(39)43)33-12-9-11-32(26-33)36-27-34(15-18-38(36)57-29)42(53)48-22-19-31-13-16-35(47)17-14-31/h9,11-18,26-29,41-42,48,53H,7-8,10,19-25H2,1-6H3,(H,54,55). The van der Waals surface area contributed by atoms with Gasteiger partial charge >= 0.3 is 5.97 Å². The largest absolute Gasteiger partial charge is 0.490 e. The number of halogens is 1. The summed E-state index contributed by atoms with van der Waals surface area (Å²) in [7, 11) is 0. The molecule has 5 heterocycles. The first kappa shape index (κ1) is 41.3. The lowest BCUT2D eigenvalue weighted by Crippen LogP contribution is -2.46. The maximum Gasteiger partial charge on any atom is 0.337 e. The molecule has 3 aromatic carbocycles. The van der Waals surface area contributed by atoms with Crippen molar-refractivity contribution in [3.8, 4) is 28.1 Å². The molecule has 308 valence electrons. The van der Waals surface area contributed by atoms with Crippen molar-refractivity contribution in [2.24, 2.45) is 0 Å². The van der Waals surface area contributed by atoms with Crippen LogP contribution in [0.3, 0.4) is 0 Å². The van der Waals surface area contributed by atoms with Gasteiger partial charge in [-0.1, -0.05) is 36.4 Å². The van der Waals surface area contributed by atoms with Crippen LogP contribution in [0.2, 0.25) is 0 Å². The Morgan fingerprint density at radius 2 is 1.79 bits per heavy atom. The van der Waals surface area contributed by atoms with Crippen molar-refractivity contribution >= 4 is 17.4 Å². The minimum Gasteiger partial charge on any atom is -0.490 e. The number of aliphatic hydroxyl groups excluding tert-OH is 1. The average molecular weight is 794 g/mol. The number of piperidine rings is 1. The van der Waals surface area contributed by atoms with Gasteiger partial charge in [0, 0.05) is 49.1 Å². The van der Waals surface area contributed by atoms with Gasteiger partial charge in [0.2, 0.25) is 0 Å². The van der Waals surface area contributed by atoms with E-state index in [-0.39, 0.29) is 17.5 Å². The molecule has 0 spiro atoms. The highest BCUT2D eigenvalue weighted by Gasteiger charge is 2.38. The predicted molar refractivity (Wildman–Crippen MR) is 223 cm³/mol. The van der Waals surface area contributed by atoms with Crippen LogP contribution in [0.5, 0.6) is 5.75 Å². The van der Waals surface area contributed by atoms with Gasteiger partial charge in [0.1, 0.15) is 23.6 Å². The Kier molecular flexibility index (Phi) is 12.2. The van der Waals surface area contributed by atoms with E-state index in [4.69, 9.17) is 24.3 Å². The zero-order valence-corrected chi connectivity index (χ0v) is 34.4. The summed E-state index contributed by atoms with van der Waals surface area (Å²) in [6.45, 7) is 14.1. The summed E-state index contributed by atoms with van der Waals surface area (Å²) in [6.07, 6.45) is 2.56. The van der Waals surface area contributed by atoms with E-state index in [1.807, 2.05) is 70.2 Å². The number of aryl methyl sites for hydroxylation is 1. The number of anilines is 1. The molecule has 0 saturated carbocycles. The minimum atomic E-state index is -1.26. The Morgan fingerprint density at radius 1 is 1.05 bits per heavy atom. The quantitative estimate of drug-likeness (QED) is 0.131. The van der Waals surface area contributed by atoms with Crippen molar-refractivity contribution in [2.45, 2.75) is 110 Å². The monoisotopic (exact) mass is 793 g/mol. The lowest BCUT2D eigenvalue weighted by Gasteiger charge is -2.41. The van der Waals surface area contributed by atoms with Gasteiger partial charge in [-0.25, -0.2) is 14.2 Å². The van der Waals surface area contributed by atoms with E-state index >= 15 is 0 Å². The van der Waals surface area contributed by atoms with Crippen LogP contribution in [0.4, 0.5) is 10.2 Å². The Bertz CT molecular complexity index is 2230. The third-order valence-corrected chi connectivity index (χ3v) is 11.1. The SMILES string of the molecule is Cc1nc2cc3nn2c(c1C(OC(C)(C)C)C(=O)O)N1CCC(C)(CC1)OCCCCC(C)Oc1ccc(C(O)NCCc2ccc(F)cc2)cc1-c1cccc-3c1. The number of aliphatic carboxylic acids is 1. The van der Waals surface area contributed by atoms with E-state index in [1.54, 1.807) is 16.6 Å². The second kappa shape index (κ2) is 17.1. The van der Waals surface area contributed by atoms with Gasteiger partial charge in [0.15, 0.2) is 11.8 Å². The summed E-state index contributed by atoms with van der Waals surface area (Å²) in [6, 6.07) is 22.1. The number of aliphatic hydroxyl groups is 1. The summed E-state index contributed by atoms with van der Waals surface area (Å²) in [5.41, 5.74) is 5.47. The van der Waals surface area contributed by atoms with Crippen LogP contribution < -0.4 is 15.0 Å². The highest BCUT2D eigenvalue weighted by molar-refractivity contribution is 5.80. The van der Waals surface area contributed by atoms with Gasteiger partial charge in [-0.2, -0.15) is 9.61 Å². The molecule has 5 aromatic rings. The smallest absolute Gasteiger partial charge is 0.337 e. The molecule has 11 nitrogen and oxygen atoms in total. The molecule has 3 atom stereocenters. The zero-order valence-electron chi connectivity index (χ0n) is 34.4. The van der Waals surface area contributed by atoms with E-state index in [9.17, 15) is 19.4 Å². The molecule has 3 aliphatic heterocycles. The Morgan fingerprint density at radius 3 is 2.52 bits per heavy atom.